The molecule has 106 valence electrons. The highest BCUT2D eigenvalue weighted by molar-refractivity contribution is 7.16. The van der Waals surface area contributed by atoms with Crippen molar-refractivity contribution in [2.24, 2.45) is 0 Å². The molecule has 1 heterocycles. The first-order chi connectivity index (χ1) is 9.60. The summed E-state index contributed by atoms with van der Waals surface area (Å²) in [6.07, 6.45) is 0.759. The van der Waals surface area contributed by atoms with Crippen molar-refractivity contribution in [2.75, 3.05) is 19.4 Å². The Hall–Kier alpha value is -1.72. The minimum atomic E-state index is -0.147. The topological polar surface area (TPSA) is 64.3 Å². The Morgan fingerprint density at radius 2 is 2.20 bits per heavy atom. The molecule has 0 aliphatic carbocycles. The quantitative estimate of drug-likeness (QED) is 0.835. The van der Waals surface area contributed by atoms with Gasteiger partial charge in [0.05, 0.1) is 17.1 Å². The van der Waals surface area contributed by atoms with Gasteiger partial charge in [0.25, 0.3) is 5.91 Å². The van der Waals surface area contributed by atoms with Crippen LogP contribution >= 0.6 is 22.9 Å². The molecule has 1 aromatic carbocycles. The van der Waals surface area contributed by atoms with Gasteiger partial charge in [-0.1, -0.05) is 11.6 Å². The molecule has 0 fully saturated rings. The van der Waals surface area contributed by atoms with E-state index in [0.717, 1.165) is 15.6 Å². The third-order valence-corrected chi connectivity index (χ3v) is 4.07. The summed E-state index contributed by atoms with van der Waals surface area (Å²) in [4.78, 5) is 13.1. The fourth-order valence-electron chi connectivity index (χ4n) is 1.74. The molecule has 0 saturated carbocycles. The van der Waals surface area contributed by atoms with Crippen LogP contribution in [0, 0.1) is 0 Å². The van der Waals surface area contributed by atoms with E-state index in [2.05, 4.69) is 5.32 Å². The van der Waals surface area contributed by atoms with E-state index in [4.69, 9.17) is 22.1 Å². The molecule has 1 amide bonds. The van der Waals surface area contributed by atoms with Gasteiger partial charge in [0.15, 0.2) is 0 Å². The molecule has 0 spiro atoms. The molecule has 0 atom stereocenters. The van der Waals surface area contributed by atoms with Crippen LogP contribution in [-0.2, 0) is 6.42 Å². The molecule has 0 aliphatic heterocycles. The van der Waals surface area contributed by atoms with Gasteiger partial charge in [0.1, 0.15) is 5.75 Å². The second-order valence-corrected chi connectivity index (χ2v) is 5.97. The molecule has 2 aromatic rings. The third-order valence-electron chi connectivity index (χ3n) is 2.78. The highest BCUT2D eigenvalue weighted by atomic mass is 35.5. The zero-order valence-electron chi connectivity index (χ0n) is 11.0. The fraction of sp³-hybridized carbons (Fsp3) is 0.214. The van der Waals surface area contributed by atoms with Gasteiger partial charge in [-0.05, 0) is 36.8 Å². The molecule has 3 N–H and O–H groups in total. The maximum Gasteiger partial charge on any atom is 0.251 e. The first kappa shape index (κ1) is 14.7. The summed E-state index contributed by atoms with van der Waals surface area (Å²) in [5.41, 5.74) is 6.75. The number of nitrogens with two attached hydrogens (primary N) is 1. The van der Waals surface area contributed by atoms with Crippen molar-refractivity contribution >= 4 is 34.5 Å². The Morgan fingerprint density at radius 1 is 1.40 bits per heavy atom. The van der Waals surface area contributed by atoms with Crippen LogP contribution in [0.4, 0.5) is 5.69 Å². The van der Waals surface area contributed by atoms with E-state index in [9.17, 15) is 4.79 Å². The summed E-state index contributed by atoms with van der Waals surface area (Å²) in [6, 6.07) is 8.79. The number of halogens is 1. The van der Waals surface area contributed by atoms with Crippen molar-refractivity contribution in [3.63, 3.8) is 0 Å². The molecular formula is C14H15ClN2O2S. The number of carbonyl (C=O) groups is 1. The van der Waals surface area contributed by atoms with Gasteiger partial charge < -0.3 is 15.8 Å². The first-order valence-corrected chi connectivity index (χ1v) is 7.25. The van der Waals surface area contributed by atoms with E-state index < -0.39 is 0 Å². The van der Waals surface area contributed by atoms with Crippen LogP contribution in [-0.4, -0.2) is 19.6 Å². The highest BCUT2D eigenvalue weighted by Crippen LogP contribution is 2.23. The Balaban J connectivity index is 1.91. The van der Waals surface area contributed by atoms with Crippen LogP contribution < -0.4 is 15.8 Å². The van der Waals surface area contributed by atoms with E-state index in [1.807, 2.05) is 12.1 Å². The van der Waals surface area contributed by atoms with E-state index in [0.29, 0.717) is 23.5 Å². The SMILES string of the molecule is COc1cc(C(=O)NCCc2ccc(Cl)s2)ccc1N. The molecule has 4 nitrogen and oxygen atoms in total. The second-order valence-electron chi connectivity index (χ2n) is 4.17. The van der Waals surface area contributed by atoms with Gasteiger partial charge >= 0.3 is 0 Å². The van der Waals surface area contributed by atoms with Crippen molar-refractivity contribution < 1.29 is 9.53 Å². The number of nitrogen functional groups attached to an aromatic ring is 1. The number of methoxy groups -OCH3 is 1. The largest absolute Gasteiger partial charge is 0.495 e. The number of thiophene rings is 1. The van der Waals surface area contributed by atoms with Gasteiger partial charge in [-0.15, -0.1) is 11.3 Å². The maximum atomic E-state index is 12.0. The van der Waals surface area contributed by atoms with Crippen molar-refractivity contribution in [2.45, 2.75) is 6.42 Å². The van der Waals surface area contributed by atoms with Gasteiger partial charge in [-0.25, -0.2) is 0 Å². The zero-order valence-corrected chi connectivity index (χ0v) is 12.6. The van der Waals surface area contributed by atoms with Crippen molar-refractivity contribution in [1.82, 2.24) is 5.32 Å². The van der Waals surface area contributed by atoms with Crippen molar-refractivity contribution in [3.05, 3.63) is 45.1 Å². The maximum absolute atomic E-state index is 12.0. The van der Waals surface area contributed by atoms with Crippen LogP contribution in [0.3, 0.4) is 0 Å². The third kappa shape index (κ3) is 3.65. The van der Waals surface area contributed by atoms with Crippen molar-refractivity contribution in [1.29, 1.82) is 0 Å². The standard InChI is InChI=1S/C14H15ClN2O2S/c1-19-12-8-9(2-4-11(12)16)14(18)17-7-6-10-3-5-13(15)20-10/h2-5,8H,6-7,16H2,1H3,(H,17,18). The van der Waals surface area contributed by atoms with Crippen LogP contribution in [0.25, 0.3) is 0 Å². The molecule has 0 radical (unpaired) electrons. The van der Waals surface area contributed by atoms with E-state index in [1.165, 1.54) is 18.4 Å². The molecule has 0 unspecified atom stereocenters. The monoisotopic (exact) mass is 310 g/mol. The summed E-state index contributed by atoms with van der Waals surface area (Å²) in [5.74, 6) is 0.355. The van der Waals surface area contributed by atoms with Crippen LogP contribution in [0.1, 0.15) is 15.2 Å². The lowest BCUT2D eigenvalue weighted by molar-refractivity contribution is 0.0954. The zero-order chi connectivity index (χ0) is 14.5. The number of hydrogen-bond donors (Lipinski definition) is 2. The number of amides is 1. The number of ether oxygens (including phenoxy) is 1. The minimum absolute atomic E-state index is 0.147. The lowest BCUT2D eigenvalue weighted by Gasteiger charge is -2.08. The van der Waals surface area contributed by atoms with Crippen LogP contribution in [0.15, 0.2) is 30.3 Å². The lowest BCUT2D eigenvalue weighted by atomic mass is 10.1. The van der Waals surface area contributed by atoms with E-state index >= 15 is 0 Å². The smallest absolute Gasteiger partial charge is 0.251 e. The molecule has 6 heteroatoms. The number of benzene rings is 1. The number of anilines is 1. The van der Waals surface area contributed by atoms with Crippen LogP contribution in [0.5, 0.6) is 5.75 Å². The Morgan fingerprint density at radius 3 is 2.85 bits per heavy atom. The van der Waals surface area contributed by atoms with E-state index in [-0.39, 0.29) is 5.91 Å². The summed E-state index contributed by atoms with van der Waals surface area (Å²) in [6.45, 7) is 0.558. The summed E-state index contributed by atoms with van der Waals surface area (Å²) in [7, 11) is 1.52. The molecule has 0 aliphatic rings. The predicted octanol–water partition coefficient (Wildman–Crippen LogP) is 2.96. The minimum Gasteiger partial charge on any atom is -0.495 e. The van der Waals surface area contributed by atoms with Gasteiger partial charge in [0, 0.05) is 17.0 Å². The molecule has 1 aromatic heterocycles. The predicted molar refractivity (Wildman–Crippen MR) is 82.8 cm³/mol. The summed E-state index contributed by atoms with van der Waals surface area (Å²) >= 11 is 7.37. The molecule has 20 heavy (non-hydrogen) atoms. The van der Waals surface area contributed by atoms with Gasteiger partial charge in [-0.3, -0.25) is 4.79 Å². The Labute approximate surface area is 126 Å². The van der Waals surface area contributed by atoms with Crippen molar-refractivity contribution in [3.8, 4) is 5.75 Å². The van der Waals surface area contributed by atoms with Crippen LogP contribution in [0.2, 0.25) is 4.34 Å². The van der Waals surface area contributed by atoms with E-state index in [1.54, 1.807) is 18.2 Å². The number of hydrogen-bond acceptors (Lipinski definition) is 4. The molecule has 0 saturated heterocycles. The lowest BCUT2D eigenvalue weighted by Crippen LogP contribution is -2.25. The van der Waals surface area contributed by atoms with Gasteiger partial charge in [-0.2, -0.15) is 0 Å². The Bertz CT molecular complexity index is 613. The fourth-order valence-corrected chi connectivity index (χ4v) is 2.83. The second kappa shape index (κ2) is 6.63. The normalized spacial score (nSPS) is 10.3. The number of carbonyl (C=O) groups excluding carboxylic acids is 1. The van der Waals surface area contributed by atoms with Gasteiger partial charge in [0.2, 0.25) is 0 Å². The number of rotatable bonds is 5. The summed E-state index contributed by atoms with van der Waals surface area (Å²) in [5, 5.41) is 2.86. The molecular weight excluding hydrogens is 296 g/mol. The first-order valence-electron chi connectivity index (χ1n) is 6.06. The average Bonchev–Trinajstić information content (AvgIpc) is 2.85. The average molecular weight is 311 g/mol. The molecule has 2 rings (SSSR count). The highest BCUT2D eigenvalue weighted by Gasteiger charge is 2.08. The Kier molecular flexibility index (Phi) is 4.87. The summed E-state index contributed by atoms with van der Waals surface area (Å²) < 4.78 is 5.85. The molecule has 0 bridgehead atoms. The number of nitrogens with one attached hydrogen (secondary N) is 1.